The minimum absolute atomic E-state index is 0.0376. The quantitative estimate of drug-likeness (QED) is 0.0674. The molecule has 54 heavy (non-hydrogen) atoms. The van der Waals surface area contributed by atoms with Gasteiger partial charge in [-0.25, -0.2) is 0 Å². The summed E-state index contributed by atoms with van der Waals surface area (Å²) < 4.78 is 0. The lowest BCUT2D eigenvalue weighted by Gasteiger charge is -2.26. The Morgan fingerprint density at radius 3 is 1.74 bits per heavy atom. The third-order valence-electron chi connectivity index (χ3n) is 9.61. The highest BCUT2D eigenvalue weighted by molar-refractivity contribution is 7.80. The lowest BCUT2D eigenvalue weighted by Crippen LogP contribution is -2.46. The molecule has 0 amide bonds. The second kappa shape index (κ2) is 21.8. The largest absolute Gasteiger partial charge is 0.361 e. The van der Waals surface area contributed by atoms with Crippen LogP contribution in [-0.4, -0.2) is 64.4 Å². The average molecular weight is 799 g/mol. The van der Waals surface area contributed by atoms with Gasteiger partial charge in [-0.05, 0) is 132 Å². The van der Waals surface area contributed by atoms with Crippen LogP contribution in [0.3, 0.4) is 0 Å². The first-order valence-corrected chi connectivity index (χ1v) is 20.8. The number of thiocarbonyl (C=S) groups is 3. The molecule has 6 N–H and O–H groups in total. The van der Waals surface area contributed by atoms with Crippen molar-refractivity contribution in [2.45, 2.75) is 107 Å². The van der Waals surface area contributed by atoms with Crippen LogP contribution in [0.5, 0.6) is 0 Å². The number of rotatable bonds is 13. The second-order valence-corrected chi connectivity index (χ2v) is 18.7. The van der Waals surface area contributed by atoms with Crippen molar-refractivity contribution in [1.29, 1.82) is 0 Å². The summed E-state index contributed by atoms with van der Waals surface area (Å²) in [5.41, 5.74) is 6.76. The van der Waals surface area contributed by atoms with Crippen LogP contribution in [0.4, 0.5) is 11.4 Å². The standard InChI is InChI=1S/C41H66N8O2S3/c1-29(25-40(3,4)5)9-11-31-23-32(12-10-30(2)26-41(6,7)8)34-24-33(31)27-45-37(52)42-17-20-48(21-18-43-38(53)46-28-34)22-19-44-39(54)47-35-13-15-36(16-14-35)49(50)51/h13-16,23-24,29-30H,9-12,17-22,25-28H2,1-8H3,(H2,42,45,52)(H2,43,46,53)(H2,44,47,54). The van der Waals surface area contributed by atoms with Crippen LogP contribution in [0.25, 0.3) is 0 Å². The molecule has 2 aromatic carbocycles. The molecule has 2 bridgehead atoms. The van der Waals surface area contributed by atoms with Crippen LogP contribution in [0, 0.1) is 32.8 Å². The van der Waals surface area contributed by atoms with Gasteiger partial charge < -0.3 is 31.9 Å². The number of benzene rings is 2. The van der Waals surface area contributed by atoms with Gasteiger partial charge in [-0.2, -0.15) is 0 Å². The van der Waals surface area contributed by atoms with E-state index in [2.05, 4.69) is 104 Å². The van der Waals surface area contributed by atoms with Crippen molar-refractivity contribution in [2.75, 3.05) is 44.6 Å². The Bertz CT molecular complexity index is 1470. The zero-order valence-electron chi connectivity index (χ0n) is 34.0. The third-order valence-corrected chi connectivity index (χ3v) is 10.4. The molecule has 0 fully saturated rings. The summed E-state index contributed by atoms with van der Waals surface area (Å²) in [5.74, 6) is 1.28. The van der Waals surface area contributed by atoms with Crippen LogP contribution in [-0.2, 0) is 25.9 Å². The number of anilines is 1. The lowest BCUT2D eigenvalue weighted by atomic mass is 9.81. The molecule has 10 nitrogen and oxygen atoms in total. The summed E-state index contributed by atoms with van der Waals surface area (Å²) in [6.45, 7) is 24.4. The van der Waals surface area contributed by atoms with E-state index >= 15 is 0 Å². The highest BCUT2D eigenvalue weighted by Crippen LogP contribution is 2.30. The molecule has 2 aromatic rings. The van der Waals surface area contributed by atoms with Gasteiger partial charge in [0.15, 0.2) is 15.3 Å². The molecule has 0 radical (unpaired) electrons. The zero-order chi connectivity index (χ0) is 39.9. The minimum atomic E-state index is -0.420. The van der Waals surface area contributed by atoms with E-state index in [4.69, 9.17) is 36.7 Å². The Morgan fingerprint density at radius 2 is 1.30 bits per heavy atom. The number of nitrogens with zero attached hydrogens (tertiary/aromatic N) is 2. The Hall–Kier alpha value is -3.13. The molecule has 2 atom stereocenters. The fraction of sp³-hybridized carbons (Fsp3) is 0.634. The van der Waals surface area contributed by atoms with Gasteiger partial charge in [0.2, 0.25) is 0 Å². The van der Waals surface area contributed by atoms with Crippen molar-refractivity contribution in [3.8, 4) is 0 Å². The van der Waals surface area contributed by atoms with Crippen molar-refractivity contribution < 1.29 is 4.92 Å². The van der Waals surface area contributed by atoms with Gasteiger partial charge in [-0.3, -0.25) is 15.0 Å². The predicted molar refractivity (Wildman–Crippen MR) is 238 cm³/mol. The second-order valence-electron chi connectivity index (χ2n) is 17.5. The highest BCUT2D eigenvalue weighted by atomic mass is 32.1. The Balaban J connectivity index is 1.70. The minimum Gasteiger partial charge on any atom is -0.361 e. The predicted octanol–water partition coefficient (Wildman–Crippen LogP) is 7.84. The van der Waals surface area contributed by atoms with Crippen molar-refractivity contribution in [3.05, 3.63) is 68.8 Å². The Labute approximate surface area is 341 Å². The monoisotopic (exact) mass is 798 g/mol. The topological polar surface area (TPSA) is 119 Å². The van der Waals surface area contributed by atoms with E-state index in [1.54, 1.807) is 12.1 Å². The smallest absolute Gasteiger partial charge is 0.269 e. The molecule has 2 unspecified atom stereocenters. The van der Waals surface area contributed by atoms with Crippen LogP contribution in [0.2, 0.25) is 0 Å². The van der Waals surface area contributed by atoms with Crippen molar-refractivity contribution in [2.24, 2.45) is 22.7 Å². The molecule has 0 saturated carbocycles. The number of nitrogens with one attached hydrogen (secondary N) is 6. The summed E-state index contributed by atoms with van der Waals surface area (Å²) in [7, 11) is 0. The Morgan fingerprint density at radius 1 is 0.815 bits per heavy atom. The molecule has 13 heteroatoms. The van der Waals surface area contributed by atoms with Crippen LogP contribution >= 0.6 is 36.7 Å². The SMILES string of the molecule is CC(CCc1cc(CCC(C)CC(C)(C)C)c2cc1CNC(=S)NCCN(CCNC(=S)Nc1ccc([N+](=O)[O-])cc1)CCNC(=S)NC2)CC(C)(C)C. The molecule has 3 rings (SSSR count). The van der Waals surface area contributed by atoms with E-state index < -0.39 is 4.92 Å². The van der Waals surface area contributed by atoms with Gasteiger partial charge in [0.1, 0.15) is 0 Å². The number of hydrogen-bond acceptors (Lipinski definition) is 6. The van der Waals surface area contributed by atoms with E-state index in [9.17, 15) is 10.1 Å². The molecule has 1 aliphatic heterocycles. The van der Waals surface area contributed by atoms with E-state index in [1.807, 2.05) is 0 Å². The summed E-state index contributed by atoms with van der Waals surface area (Å²) in [5, 5.41) is 33.0. The molecule has 0 spiro atoms. The number of fused-ring (bicyclic) bond motifs is 2. The lowest BCUT2D eigenvalue weighted by molar-refractivity contribution is -0.384. The number of aryl methyl sites for hydroxylation is 2. The van der Waals surface area contributed by atoms with E-state index in [0.717, 1.165) is 45.3 Å². The Kier molecular flexibility index (Phi) is 18.3. The van der Waals surface area contributed by atoms with Crippen LogP contribution in [0.1, 0.15) is 103 Å². The van der Waals surface area contributed by atoms with Gasteiger partial charge in [-0.15, -0.1) is 0 Å². The summed E-state index contributed by atoms with van der Waals surface area (Å²) >= 11 is 17.0. The first kappa shape index (κ1) is 45.3. The van der Waals surface area contributed by atoms with Crippen molar-refractivity contribution >= 4 is 63.4 Å². The third kappa shape index (κ3) is 18.0. The first-order chi connectivity index (χ1) is 25.4. The molecule has 0 saturated heterocycles. The molecular formula is C41H66N8O2S3. The van der Waals surface area contributed by atoms with E-state index in [0.29, 0.717) is 76.4 Å². The van der Waals surface area contributed by atoms with Gasteiger partial charge in [0, 0.05) is 70.2 Å². The number of nitro benzene ring substituents is 1. The van der Waals surface area contributed by atoms with E-state index in [-0.39, 0.29) is 5.69 Å². The highest BCUT2D eigenvalue weighted by Gasteiger charge is 2.19. The van der Waals surface area contributed by atoms with Gasteiger partial charge in [-0.1, -0.05) is 67.5 Å². The fourth-order valence-electron chi connectivity index (χ4n) is 7.32. The first-order valence-electron chi connectivity index (χ1n) is 19.6. The zero-order valence-corrected chi connectivity index (χ0v) is 36.4. The van der Waals surface area contributed by atoms with E-state index in [1.165, 1.54) is 47.2 Å². The van der Waals surface area contributed by atoms with Gasteiger partial charge >= 0.3 is 0 Å². The molecular weight excluding hydrogens is 733 g/mol. The van der Waals surface area contributed by atoms with Crippen LogP contribution < -0.4 is 31.9 Å². The normalized spacial score (nSPS) is 16.2. The molecule has 0 aliphatic carbocycles. The fourth-order valence-corrected chi connectivity index (χ4v) is 7.89. The average Bonchev–Trinajstić information content (AvgIpc) is 3.06. The molecule has 0 aromatic heterocycles. The maximum absolute atomic E-state index is 11.0. The number of non-ortho nitro benzene ring substituents is 1. The van der Waals surface area contributed by atoms with Crippen molar-refractivity contribution in [3.63, 3.8) is 0 Å². The number of hydrogen-bond donors (Lipinski definition) is 6. The molecule has 1 aliphatic rings. The maximum atomic E-state index is 11.0. The van der Waals surface area contributed by atoms with Gasteiger partial charge in [0.05, 0.1) is 4.92 Å². The summed E-state index contributed by atoms with van der Waals surface area (Å²) in [6, 6.07) is 11.1. The number of nitro groups is 1. The van der Waals surface area contributed by atoms with Gasteiger partial charge in [0.25, 0.3) is 5.69 Å². The van der Waals surface area contributed by atoms with Crippen molar-refractivity contribution in [1.82, 2.24) is 31.5 Å². The maximum Gasteiger partial charge on any atom is 0.269 e. The van der Waals surface area contributed by atoms with Crippen LogP contribution in [0.15, 0.2) is 36.4 Å². The summed E-state index contributed by atoms with van der Waals surface area (Å²) in [4.78, 5) is 12.9. The molecule has 300 valence electrons. The molecule has 1 heterocycles. The summed E-state index contributed by atoms with van der Waals surface area (Å²) in [6.07, 6.45) is 6.81.